The van der Waals surface area contributed by atoms with Crippen molar-refractivity contribution in [3.05, 3.63) is 64.2 Å². The number of benzene rings is 1. The molecule has 0 spiro atoms. The normalized spacial score (nSPS) is 14.9. The lowest BCUT2D eigenvalue weighted by Crippen LogP contribution is -2.19. The largest absolute Gasteiger partial charge is 0.492 e. The van der Waals surface area contributed by atoms with Gasteiger partial charge in [0.2, 0.25) is 11.2 Å². The molecule has 0 radical (unpaired) electrons. The van der Waals surface area contributed by atoms with Gasteiger partial charge in [-0.3, -0.25) is 14.4 Å². The molecule has 0 aliphatic heterocycles. The molecule has 0 atom stereocenters. The summed E-state index contributed by atoms with van der Waals surface area (Å²) in [5.74, 6) is -1.02. The maximum absolute atomic E-state index is 12.5. The molecule has 0 N–H and O–H groups in total. The summed E-state index contributed by atoms with van der Waals surface area (Å²) in [6, 6.07) is 6.70. The summed E-state index contributed by atoms with van der Waals surface area (Å²) in [5, 5.41) is 0.352. The Morgan fingerprint density at radius 2 is 1.81 bits per heavy atom. The Morgan fingerprint density at radius 3 is 2.57 bits per heavy atom. The van der Waals surface area contributed by atoms with Gasteiger partial charge >= 0.3 is 0 Å². The lowest BCUT2D eigenvalue weighted by Gasteiger charge is -2.12. The molecule has 0 saturated heterocycles. The van der Waals surface area contributed by atoms with E-state index in [1.54, 1.807) is 24.3 Å². The highest BCUT2D eigenvalue weighted by Gasteiger charge is 2.26. The number of fused-ring (bicyclic) bond motifs is 1. The summed E-state index contributed by atoms with van der Waals surface area (Å²) >= 11 is 0. The number of hydrogen-bond donors (Lipinski definition) is 0. The molecule has 5 heteroatoms. The Balaban J connectivity index is 2.22. The number of para-hydroxylation sites is 1. The number of rotatable bonds is 2. The van der Waals surface area contributed by atoms with Gasteiger partial charge < -0.3 is 9.15 Å². The first kappa shape index (κ1) is 13.1. The third-order valence-electron chi connectivity index (χ3n) is 3.22. The summed E-state index contributed by atoms with van der Waals surface area (Å²) < 4.78 is 10.2. The molecule has 0 saturated carbocycles. The van der Waals surface area contributed by atoms with E-state index in [1.165, 1.54) is 13.4 Å². The van der Waals surface area contributed by atoms with Crippen LogP contribution in [0.4, 0.5) is 0 Å². The van der Waals surface area contributed by atoms with Crippen LogP contribution >= 0.6 is 0 Å². The molecular formula is C16H10O5. The molecule has 3 rings (SSSR count). The fourth-order valence-electron chi connectivity index (χ4n) is 2.19. The summed E-state index contributed by atoms with van der Waals surface area (Å²) in [7, 11) is 1.29. The highest BCUT2D eigenvalue weighted by molar-refractivity contribution is 6.35. The Labute approximate surface area is 119 Å². The molecule has 0 bridgehead atoms. The standard InChI is InChI=1S/C16H10O5/c1-20-14-7-9(17)6-11(16(14)19)12-8-21-13-5-3-2-4-10(13)15(12)18/h2-8H,1H3. The monoisotopic (exact) mass is 282 g/mol. The number of methoxy groups -OCH3 is 1. The molecule has 1 heterocycles. The van der Waals surface area contributed by atoms with Crippen molar-refractivity contribution in [1.82, 2.24) is 0 Å². The lowest BCUT2D eigenvalue weighted by atomic mass is 9.95. The summed E-state index contributed by atoms with van der Waals surface area (Å²) in [5.41, 5.74) is 0.0964. The maximum atomic E-state index is 12.5. The minimum Gasteiger partial charge on any atom is -0.492 e. The first-order valence-corrected chi connectivity index (χ1v) is 6.19. The van der Waals surface area contributed by atoms with Crippen LogP contribution in [0.3, 0.4) is 0 Å². The third-order valence-corrected chi connectivity index (χ3v) is 3.22. The van der Waals surface area contributed by atoms with Crippen molar-refractivity contribution in [2.75, 3.05) is 7.11 Å². The topological polar surface area (TPSA) is 73.6 Å². The van der Waals surface area contributed by atoms with Crippen molar-refractivity contribution in [2.45, 2.75) is 0 Å². The van der Waals surface area contributed by atoms with E-state index in [-0.39, 0.29) is 22.3 Å². The average Bonchev–Trinajstić information content (AvgIpc) is 2.50. The van der Waals surface area contributed by atoms with E-state index in [1.807, 2.05) is 0 Å². The number of Topliss-reactive ketones (excluding diaryl/α,β-unsaturated/α-hetero) is 1. The van der Waals surface area contributed by atoms with Crippen LogP contribution in [0.5, 0.6) is 0 Å². The molecule has 21 heavy (non-hydrogen) atoms. The van der Waals surface area contributed by atoms with E-state index in [2.05, 4.69) is 0 Å². The van der Waals surface area contributed by atoms with Crippen LogP contribution in [0.1, 0.15) is 5.56 Å². The first-order chi connectivity index (χ1) is 10.1. The molecule has 1 aromatic heterocycles. The summed E-state index contributed by atoms with van der Waals surface area (Å²) in [4.78, 5) is 36.3. The number of carbonyl (C=O) groups excluding carboxylic acids is 2. The van der Waals surface area contributed by atoms with Gasteiger partial charge in [0.15, 0.2) is 11.5 Å². The Hall–Kier alpha value is -2.95. The molecule has 5 nitrogen and oxygen atoms in total. The van der Waals surface area contributed by atoms with Crippen LogP contribution in [-0.4, -0.2) is 18.7 Å². The fourth-order valence-corrected chi connectivity index (χ4v) is 2.19. The molecular weight excluding hydrogens is 272 g/mol. The Kier molecular flexibility index (Phi) is 3.02. The van der Waals surface area contributed by atoms with Crippen LogP contribution in [0.25, 0.3) is 16.5 Å². The van der Waals surface area contributed by atoms with Crippen molar-refractivity contribution in [1.29, 1.82) is 0 Å². The zero-order chi connectivity index (χ0) is 15.0. The molecule has 104 valence electrons. The van der Waals surface area contributed by atoms with Crippen LogP contribution in [0, 0.1) is 0 Å². The third kappa shape index (κ3) is 2.08. The minimum atomic E-state index is -0.514. The van der Waals surface area contributed by atoms with Gasteiger partial charge in [-0.1, -0.05) is 12.1 Å². The van der Waals surface area contributed by atoms with Crippen LogP contribution in [-0.2, 0) is 14.3 Å². The van der Waals surface area contributed by atoms with Crippen molar-refractivity contribution in [2.24, 2.45) is 0 Å². The zero-order valence-corrected chi connectivity index (χ0v) is 11.1. The van der Waals surface area contributed by atoms with Gasteiger partial charge in [-0.15, -0.1) is 0 Å². The van der Waals surface area contributed by atoms with Crippen LogP contribution in [0.15, 0.2) is 57.7 Å². The van der Waals surface area contributed by atoms with Gasteiger partial charge in [-0.05, 0) is 18.2 Å². The van der Waals surface area contributed by atoms with E-state index in [4.69, 9.17) is 9.15 Å². The van der Waals surface area contributed by atoms with Gasteiger partial charge in [0, 0.05) is 11.6 Å². The van der Waals surface area contributed by atoms with Crippen molar-refractivity contribution in [3.63, 3.8) is 0 Å². The van der Waals surface area contributed by atoms with E-state index < -0.39 is 11.6 Å². The number of allylic oxidation sites excluding steroid dienone is 3. The highest BCUT2D eigenvalue weighted by atomic mass is 16.5. The number of hydrogen-bond acceptors (Lipinski definition) is 5. The van der Waals surface area contributed by atoms with Crippen LogP contribution in [0.2, 0.25) is 0 Å². The van der Waals surface area contributed by atoms with Crippen molar-refractivity contribution in [3.8, 4) is 0 Å². The van der Waals surface area contributed by atoms with Gasteiger partial charge in [-0.25, -0.2) is 0 Å². The van der Waals surface area contributed by atoms with Gasteiger partial charge in [0.25, 0.3) is 0 Å². The summed E-state index contributed by atoms with van der Waals surface area (Å²) in [6.45, 7) is 0. The second-order valence-corrected chi connectivity index (χ2v) is 4.48. The lowest BCUT2D eigenvalue weighted by molar-refractivity contribution is -0.116. The molecule has 1 aromatic carbocycles. The number of carbonyl (C=O) groups is 2. The smallest absolute Gasteiger partial charge is 0.228 e. The maximum Gasteiger partial charge on any atom is 0.228 e. The zero-order valence-electron chi connectivity index (χ0n) is 11.1. The predicted molar refractivity (Wildman–Crippen MR) is 75.6 cm³/mol. The van der Waals surface area contributed by atoms with Crippen molar-refractivity contribution >= 4 is 28.1 Å². The molecule has 1 aliphatic carbocycles. The number of ketones is 2. The van der Waals surface area contributed by atoms with E-state index in [0.29, 0.717) is 11.0 Å². The minimum absolute atomic E-state index is 0.0150. The quantitative estimate of drug-likeness (QED) is 0.786. The van der Waals surface area contributed by atoms with Crippen LogP contribution < -0.4 is 5.43 Å². The van der Waals surface area contributed by atoms with E-state index >= 15 is 0 Å². The van der Waals surface area contributed by atoms with Gasteiger partial charge in [-0.2, -0.15) is 0 Å². The van der Waals surface area contributed by atoms with E-state index in [0.717, 1.165) is 12.2 Å². The average molecular weight is 282 g/mol. The summed E-state index contributed by atoms with van der Waals surface area (Å²) in [6.07, 6.45) is 3.40. The second-order valence-electron chi connectivity index (χ2n) is 4.48. The molecule has 0 amide bonds. The first-order valence-electron chi connectivity index (χ1n) is 6.19. The fraction of sp³-hybridized carbons (Fsp3) is 0.0625. The molecule has 2 aromatic rings. The SMILES string of the molecule is COC1=CC(=O)C=C(c2coc3ccccc3c2=O)C1=O. The highest BCUT2D eigenvalue weighted by Crippen LogP contribution is 2.23. The van der Waals surface area contributed by atoms with E-state index in [9.17, 15) is 14.4 Å². The molecule has 1 aliphatic rings. The van der Waals surface area contributed by atoms with Gasteiger partial charge in [0.1, 0.15) is 11.8 Å². The Bertz CT molecular complexity index is 883. The van der Waals surface area contributed by atoms with Crippen molar-refractivity contribution < 1.29 is 18.7 Å². The predicted octanol–water partition coefficient (Wildman–Crippen LogP) is 1.86. The van der Waals surface area contributed by atoms with Gasteiger partial charge in [0.05, 0.1) is 18.1 Å². The second kappa shape index (κ2) is 4.86. The Morgan fingerprint density at radius 1 is 1.05 bits per heavy atom. The molecule has 0 fully saturated rings. The molecule has 0 unspecified atom stereocenters. The number of ether oxygens (including phenoxy) is 1.